The minimum atomic E-state index is -3.12. The highest BCUT2D eigenvalue weighted by Crippen LogP contribution is 2.22. The second kappa shape index (κ2) is 9.80. The molecule has 2 atom stereocenters. The van der Waals surface area contributed by atoms with Crippen molar-refractivity contribution in [2.75, 3.05) is 18.1 Å². The maximum absolute atomic E-state index is 12.6. The number of amides is 2. The van der Waals surface area contributed by atoms with Gasteiger partial charge >= 0.3 is 5.97 Å². The Bertz CT molecular complexity index is 916. The molecule has 1 aromatic carbocycles. The van der Waals surface area contributed by atoms with Crippen LogP contribution in [-0.4, -0.2) is 56.4 Å². The third kappa shape index (κ3) is 7.34. The molecule has 1 aliphatic heterocycles. The molecule has 8 nitrogen and oxygen atoms in total. The highest BCUT2D eigenvalue weighted by atomic mass is 32.2. The monoisotopic (exact) mass is 452 g/mol. The average molecular weight is 453 g/mol. The van der Waals surface area contributed by atoms with E-state index in [9.17, 15) is 22.8 Å². The van der Waals surface area contributed by atoms with Gasteiger partial charge in [-0.05, 0) is 35.4 Å². The number of sulfone groups is 1. The van der Waals surface area contributed by atoms with Crippen molar-refractivity contribution in [2.45, 2.75) is 58.5 Å². The second-order valence-corrected chi connectivity index (χ2v) is 11.5. The van der Waals surface area contributed by atoms with E-state index in [0.717, 1.165) is 5.56 Å². The van der Waals surface area contributed by atoms with Crippen LogP contribution in [0, 0.1) is 5.92 Å². The molecule has 0 aliphatic carbocycles. The van der Waals surface area contributed by atoms with E-state index in [1.165, 1.54) is 0 Å². The largest absolute Gasteiger partial charge is 0.454 e. The Labute approximate surface area is 184 Å². The smallest absolute Gasteiger partial charge is 0.329 e. The fourth-order valence-corrected chi connectivity index (χ4v) is 4.92. The molecule has 31 heavy (non-hydrogen) atoms. The summed E-state index contributed by atoms with van der Waals surface area (Å²) < 4.78 is 28.0. The highest BCUT2D eigenvalue weighted by Gasteiger charge is 2.30. The van der Waals surface area contributed by atoms with Crippen molar-refractivity contribution < 1.29 is 27.5 Å². The Hall–Kier alpha value is -2.42. The quantitative estimate of drug-likeness (QED) is 0.607. The summed E-state index contributed by atoms with van der Waals surface area (Å²) in [5.41, 5.74) is 1.47. The zero-order valence-electron chi connectivity index (χ0n) is 18.7. The molecule has 2 rings (SSSR count). The molecule has 2 amide bonds. The lowest BCUT2D eigenvalue weighted by atomic mass is 9.86. The summed E-state index contributed by atoms with van der Waals surface area (Å²) in [5, 5.41) is 5.23. The fraction of sp³-hybridized carbons (Fsp3) is 0.591. The van der Waals surface area contributed by atoms with E-state index >= 15 is 0 Å². The SMILES string of the molecule is CC(C)C(NC(=O)c1ccc(C(C)(C)C)cc1)C(=O)OCC(=O)NC1CCS(=O)(=O)C1. The molecule has 9 heteroatoms. The summed E-state index contributed by atoms with van der Waals surface area (Å²) in [6, 6.07) is 5.79. The van der Waals surface area contributed by atoms with Crippen molar-refractivity contribution in [1.82, 2.24) is 10.6 Å². The molecule has 1 heterocycles. The number of benzene rings is 1. The molecular formula is C22H32N2O6S. The Kier molecular flexibility index (Phi) is 7.86. The molecular weight excluding hydrogens is 420 g/mol. The lowest BCUT2D eigenvalue weighted by molar-refractivity contribution is -0.151. The molecule has 0 radical (unpaired) electrons. The first-order valence-electron chi connectivity index (χ1n) is 10.4. The summed E-state index contributed by atoms with van der Waals surface area (Å²) in [7, 11) is -3.12. The van der Waals surface area contributed by atoms with Gasteiger partial charge in [-0.15, -0.1) is 0 Å². The van der Waals surface area contributed by atoms with E-state index < -0.39 is 46.3 Å². The van der Waals surface area contributed by atoms with Crippen LogP contribution in [0.3, 0.4) is 0 Å². The number of ether oxygens (including phenoxy) is 1. The van der Waals surface area contributed by atoms with Gasteiger partial charge in [-0.1, -0.05) is 46.8 Å². The standard InChI is InChI=1S/C22H32N2O6S/c1-14(2)19(24-20(26)15-6-8-16(9-7-15)22(3,4)5)21(27)30-12-18(25)23-17-10-11-31(28,29)13-17/h6-9,14,17,19H,10-13H2,1-5H3,(H,23,25)(H,24,26). The van der Waals surface area contributed by atoms with Crippen molar-refractivity contribution in [3.63, 3.8) is 0 Å². The van der Waals surface area contributed by atoms with Crippen LogP contribution in [0.4, 0.5) is 0 Å². The molecule has 0 bridgehead atoms. The summed E-state index contributed by atoms with van der Waals surface area (Å²) >= 11 is 0. The minimum absolute atomic E-state index is 0.0376. The maximum Gasteiger partial charge on any atom is 0.329 e. The van der Waals surface area contributed by atoms with Crippen LogP contribution >= 0.6 is 0 Å². The summed E-state index contributed by atoms with van der Waals surface area (Å²) in [6.07, 6.45) is 0.348. The zero-order valence-corrected chi connectivity index (χ0v) is 19.5. The van der Waals surface area contributed by atoms with Gasteiger partial charge in [-0.2, -0.15) is 0 Å². The van der Waals surface area contributed by atoms with Crippen LogP contribution in [0.25, 0.3) is 0 Å². The normalized spacial score (nSPS) is 19.0. The van der Waals surface area contributed by atoms with E-state index in [1.54, 1.807) is 26.0 Å². The topological polar surface area (TPSA) is 119 Å². The molecule has 0 aromatic heterocycles. The van der Waals surface area contributed by atoms with E-state index in [4.69, 9.17) is 4.74 Å². The number of rotatable bonds is 7. The van der Waals surface area contributed by atoms with Crippen LogP contribution in [0.5, 0.6) is 0 Å². The number of hydrogen-bond acceptors (Lipinski definition) is 6. The molecule has 0 spiro atoms. The van der Waals surface area contributed by atoms with Crippen molar-refractivity contribution in [2.24, 2.45) is 5.92 Å². The van der Waals surface area contributed by atoms with Gasteiger partial charge in [-0.3, -0.25) is 9.59 Å². The summed E-state index contributed by atoms with van der Waals surface area (Å²) in [5.74, 6) is -2.02. The van der Waals surface area contributed by atoms with Crippen molar-refractivity contribution in [3.8, 4) is 0 Å². The third-order valence-corrected chi connectivity index (χ3v) is 6.93. The molecule has 1 aliphatic rings. The molecule has 172 valence electrons. The first-order valence-corrected chi connectivity index (χ1v) is 12.2. The fourth-order valence-electron chi connectivity index (χ4n) is 3.25. The summed E-state index contributed by atoms with van der Waals surface area (Å²) in [4.78, 5) is 37.1. The number of hydrogen-bond donors (Lipinski definition) is 2. The van der Waals surface area contributed by atoms with Crippen LogP contribution in [-0.2, 0) is 29.6 Å². The van der Waals surface area contributed by atoms with Gasteiger partial charge in [0.05, 0.1) is 11.5 Å². The van der Waals surface area contributed by atoms with E-state index in [-0.39, 0.29) is 22.8 Å². The molecule has 1 fully saturated rings. The first kappa shape index (κ1) is 24.8. The lowest BCUT2D eigenvalue weighted by Crippen LogP contribution is -2.46. The van der Waals surface area contributed by atoms with Crippen molar-refractivity contribution >= 4 is 27.6 Å². The number of esters is 1. The Balaban J connectivity index is 1.91. The van der Waals surface area contributed by atoms with Gasteiger partial charge in [0.1, 0.15) is 6.04 Å². The van der Waals surface area contributed by atoms with Crippen LogP contribution in [0.1, 0.15) is 57.0 Å². The van der Waals surface area contributed by atoms with E-state index in [1.807, 2.05) is 12.1 Å². The number of nitrogens with one attached hydrogen (secondary N) is 2. The second-order valence-electron chi connectivity index (χ2n) is 9.30. The average Bonchev–Trinajstić information content (AvgIpc) is 3.01. The van der Waals surface area contributed by atoms with E-state index in [2.05, 4.69) is 31.4 Å². The van der Waals surface area contributed by atoms with Gasteiger partial charge in [-0.25, -0.2) is 13.2 Å². The van der Waals surface area contributed by atoms with E-state index in [0.29, 0.717) is 12.0 Å². The number of carbonyl (C=O) groups is 3. The Morgan fingerprint density at radius 2 is 1.74 bits per heavy atom. The molecule has 2 unspecified atom stereocenters. The van der Waals surface area contributed by atoms with Crippen LogP contribution < -0.4 is 10.6 Å². The van der Waals surface area contributed by atoms with Gasteiger partial charge in [0.15, 0.2) is 16.4 Å². The molecule has 1 saturated heterocycles. The Morgan fingerprint density at radius 1 is 1.13 bits per heavy atom. The van der Waals surface area contributed by atoms with Gasteiger partial charge in [0.2, 0.25) is 0 Å². The molecule has 1 aromatic rings. The van der Waals surface area contributed by atoms with Crippen LogP contribution in [0.2, 0.25) is 0 Å². The van der Waals surface area contributed by atoms with Crippen molar-refractivity contribution in [1.29, 1.82) is 0 Å². The highest BCUT2D eigenvalue weighted by molar-refractivity contribution is 7.91. The third-order valence-electron chi connectivity index (χ3n) is 5.16. The van der Waals surface area contributed by atoms with Gasteiger partial charge in [0, 0.05) is 11.6 Å². The molecule has 0 saturated carbocycles. The summed E-state index contributed by atoms with van der Waals surface area (Å²) in [6.45, 7) is 9.23. The van der Waals surface area contributed by atoms with Gasteiger partial charge < -0.3 is 15.4 Å². The Morgan fingerprint density at radius 3 is 2.23 bits per heavy atom. The van der Waals surface area contributed by atoms with Crippen molar-refractivity contribution in [3.05, 3.63) is 35.4 Å². The van der Waals surface area contributed by atoms with Gasteiger partial charge in [0.25, 0.3) is 11.8 Å². The van der Waals surface area contributed by atoms with Crippen LogP contribution in [0.15, 0.2) is 24.3 Å². The first-order chi connectivity index (χ1) is 14.3. The zero-order chi connectivity index (χ0) is 23.4. The predicted octanol–water partition coefficient (Wildman–Crippen LogP) is 1.59. The predicted molar refractivity (Wildman–Crippen MR) is 117 cm³/mol. The minimum Gasteiger partial charge on any atom is -0.454 e. The number of carbonyl (C=O) groups excluding carboxylic acids is 3. The molecule has 2 N–H and O–H groups in total. The maximum atomic E-state index is 12.6. The lowest BCUT2D eigenvalue weighted by Gasteiger charge is -2.22.